The van der Waals surface area contributed by atoms with Crippen LogP contribution < -0.4 is 0 Å². The Labute approximate surface area is 89.6 Å². The van der Waals surface area contributed by atoms with E-state index in [2.05, 4.69) is 4.99 Å². The van der Waals surface area contributed by atoms with E-state index in [1.54, 1.807) is 0 Å². The van der Waals surface area contributed by atoms with Crippen LogP contribution in [0.4, 0.5) is 8.78 Å². The zero-order valence-corrected chi connectivity index (χ0v) is 8.31. The molecule has 0 amide bonds. The molecular formula is C10H6ClF2NO. The second kappa shape index (κ2) is 3.40. The molecule has 5 heteroatoms. The topological polar surface area (TPSA) is 29.4 Å². The first-order valence-corrected chi connectivity index (χ1v) is 4.71. The van der Waals surface area contributed by atoms with E-state index in [1.165, 1.54) is 6.08 Å². The highest BCUT2D eigenvalue weighted by molar-refractivity contribution is 6.30. The van der Waals surface area contributed by atoms with Crippen molar-refractivity contribution >= 4 is 17.7 Å². The maximum atomic E-state index is 13.5. The van der Waals surface area contributed by atoms with Gasteiger partial charge in [0, 0.05) is 5.02 Å². The maximum absolute atomic E-state index is 13.5. The Kier molecular flexibility index (Phi) is 2.33. The van der Waals surface area contributed by atoms with Crippen LogP contribution in [0.25, 0.3) is 0 Å². The van der Waals surface area contributed by atoms with Gasteiger partial charge in [-0.15, -0.1) is 0 Å². The molecule has 1 aromatic rings. The minimum atomic E-state index is -1.04. The average Bonchev–Trinajstić information content (AvgIpc) is 2.83. The second-order valence-corrected chi connectivity index (χ2v) is 3.92. The molecule has 1 saturated carbocycles. The van der Waals surface area contributed by atoms with Gasteiger partial charge in [-0.05, 0) is 25.0 Å². The van der Waals surface area contributed by atoms with E-state index in [1.807, 2.05) is 0 Å². The summed E-state index contributed by atoms with van der Waals surface area (Å²) in [6.07, 6.45) is 2.26. The number of halogens is 3. The first-order valence-electron chi connectivity index (χ1n) is 4.33. The van der Waals surface area contributed by atoms with Gasteiger partial charge in [0.05, 0.1) is 5.56 Å². The van der Waals surface area contributed by atoms with Gasteiger partial charge in [-0.25, -0.2) is 13.6 Å². The molecule has 2 rings (SSSR count). The zero-order chi connectivity index (χ0) is 11.1. The molecule has 1 aliphatic carbocycles. The van der Waals surface area contributed by atoms with Gasteiger partial charge in [0.15, 0.2) is 0 Å². The number of hydrogen-bond acceptors (Lipinski definition) is 2. The molecule has 0 saturated heterocycles. The van der Waals surface area contributed by atoms with Crippen molar-refractivity contribution in [1.82, 2.24) is 0 Å². The predicted molar refractivity (Wildman–Crippen MR) is 50.4 cm³/mol. The van der Waals surface area contributed by atoms with Gasteiger partial charge in [0.1, 0.15) is 17.2 Å². The first kappa shape index (κ1) is 10.3. The third kappa shape index (κ3) is 1.66. The average molecular weight is 230 g/mol. The van der Waals surface area contributed by atoms with Crippen molar-refractivity contribution < 1.29 is 13.6 Å². The Morgan fingerprint density at radius 1 is 1.33 bits per heavy atom. The van der Waals surface area contributed by atoms with Gasteiger partial charge in [-0.1, -0.05) is 11.6 Å². The summed E-state index contributed by atoms with van der Waals surface area (Å²) in [7, 11) is 0. The van der Waals surface area contributed by atoms with Crippen LogP contribution in [-0.2, 0) is 10.3 Å². The minimum absolute atomic E-state index is 0.0142. The molecule has 0 bridgehead atoms. The van der Waals surface area contributed by atoms with Gasteiger partial charge >= 0.3 is 0 Å². The highest BCUT2D eigenvalue weighted by atomic mass is 35.5. The van der Waals surface area contributed by atoms with Crippen LogP contribution in [0.1, 0.15) is 18.4 Å². The summed E-state index contributed by atoms with van der Waals surface area (Å²) >= 11 is 5.48. The van der Waals surface area contributed by atoms with Crippen LogP contribution in [0.15, 0.2) is 17.1 Å². The van der Waals surface area contributed by atoms with Crippen molar-refractivity contribution in [2.75, 3.05) is 0 Å². The summed E-state index contributed by atoms with van der Waals surface area (Å²) in [5.74, 6) is -1.53. The van der Waals surface area contributed by atoms with Crippen molar-refractivity contribution in [2.45, 2.75) is 18.4 Å². The van der Waals surface area contributed by atoms with E-state index in [-0.39, 0.29) is 10.6 Å². The minimum Gasteiger partial charge on any atom is -0.211 e. The Balaban J connectivity index is 2.58. The Morgan fingerprint density at radius 2 is 1.87 bits per heavy atom. The molecule has 15 heavy (non-hydrogen) atoms. The SMILES string of the molecule is O=C=NC1(c2c(F)cc(Cl)cc2F)CC1. The smallest absolute Gasteiger partial charge is 0.211 e. The monoisotopic (exact) mass is 229 g/mol. The quantitative estimate of drug-likeness (QED) is 0.566. The third-order valence-electron chi connectivity index (χ3n) is 2.46. The summed E-state index contributed by atoms with van der Waals surface area (Å²) in [5.41, 5.74) is -1.23. The summed E-state index contributed by atoms with van der Waals surface area (Å²) in [4.78, 5) is 13.6. The zero-order valence-electron chi connectivity index (χ0n) is 7.56. The molecule has 78 valence electrons. The van der Waals surface area contributed by atoms with E-state index in [0.29, 0.717) is 12.8 Å². The van der Waals surface area contributed by atoms with Crippen LogP contribution in [0.3, 0.4) is 0 Å². The molecule has 2 nitrogen and oxygen atoms in total. The molecule has 0 aromatic heterocycles. The van der Waals surface area contributed by atoms with E-state index < -0.39 is 17.2 Å². The van der Waals surface area contributed by atoms with E-state index in [9.17, 15) is 13.6 Å². The molecular weight excluding hydrogens is 224 g/mol. The Morgan fingerprint density at radius 3 is 2.27 bits per heavy atom. The number of carbonyl (C=O) groups excluding carboxylic acids is 1. The Bertz CT molecular complexity index is 441. The summed E-state index contributed by atoms with van der Waals surface area (Å²) < 4.78 is 26.9. The lowest BCUT2D eigenvalue weighted by Crippen LogP contribution is -2.09. The van der Waals surface area contributed by atoms with Gasteiger partial charge in [-0.2, -0.15) is 4.99 Å². The normalized spacial score (nSPS) is 17.0. The highest BCUT2D eigenvalue weighted by Crippen LogP contribution is 2.51. The first-order chi connectivity index (χ1) is 7.09. The van der Waals surface area contributed by atoms with Crippen molar-refractivity contribution in [1.29, 1.82) is 0 Å². The van der Waals surface area contributed by atoms with E-state index >= 15 is 0 Å². The van der Waals surface area contributed by atoms with Crippen LogP contribution in [0.5, 0.6) is 0 Å². The molecule has 1 fully saturated rings. The summed E-state index contributed by atoms with van der Waals surface area (Å²) in [6.45, 7) is 0. The number of benzene rings is 1. The fraction of sp³-hybridized carbons (Fsp3) is 0.300. The van der Waals surface area contributed by atoms with Gasteiger partial charge in [0.2, 0.25) is 6.08 Å². The molecule has 0 atom stereocenters. The lowest BCUT2D eigenvalue weighted by Gasteiger charge is -2.10. The Hall–Kier alpha value is -1.25. The van der Waals surface area contributed by atoms with Crippen LogP contribution in [0.2, 0.25) is 5.02 Å². The van der Waals surface area contributed by atoms with E-state index in [0.717, 1.165) is 12.1 Å². The highest BCUT2D eigenvalue weighted by Gasteiger charge is 2.48. The molecule has 0 spiro atoms. The summed E-state index contributed by atoms with van der Waals surface area (Å²) in [5, 5.41) is -0.0142. The van der Waals surface area contributed by atoms with Crippen molar-refractivity contribution in [3.8, 4) is 0 Å². The number of nitrogens with zero attached hydrogens (tertiary/aromatic N) is 1. The van der Waals surface area contributed by atoms with Crippen molar-refractivity contribution in [2.24, 2.45) is 4.99 Å². The van der Waals surface area contributed by atoms with Gasteiger partial charge in [0.25, 0.3) is 0 Å². The fourth-order valence-electron chi connectivity index (χ4n) is 1.61. The van der Waals surface area contributed by atoms with Crippen molar-refractivity contribution in [3.63, 3.8) is 0 Å². The van der Waals surface area contributed by atoms with Gasteiger partial charge < -0.3 is 0 Å². The number of rotatable bonds is 2. The predicted octanol–water partition coefficient (Wildman–Crippen LogP) is 2.94. The number of aliphatic imine (C=N–C) groups is 1. The molecule has 0 N–H and O–H groups in total. The standard InChI is InChI=1S/C10H6ClF2NO/c11-6-3-7(12)9(8(13)4-6)10(1-2-10)14-5-15/h3-4H,1-2H2. The lowest BCUT2D eigenvalue weighted by molar-refractivity contribution is 0.514. The maximum Gasteiger partial charge on any atom is 0.235 e. The van der Waals surface area contributed by atoms with Crippen LogP contribution >= 0.6 is 11.6 Å². The van der Waals surface area contributed by atoms with Gasteiger partial charge in [-0.3, -0.25) is 0 Å². The third-order valence-corrected chi connectivity index (χ3v) is 2.67. The molecule has 0 aliphatic heterocycles. The largest absolute Gasteiger partial charge is 0.235 e. The van der Waals surface area contributed by atoms with Crippen molar-refractivity contribution in [3.05, 3.63) is 34.4 Å². The fourth-order valence-corrected chi connectivity index (χ4v) is 1.80. The molecule has 1 aliphatic rings. The molecule has 1 aromatic carbocycles. The molecule has 0 radical (unpaired) electrons. The van der Waals surface area contributed by atoms with Crippen LogP contribution in [0, 0.1) is 11.6 Å². The molecule has 0 unspecified atom stereocenters. The second-order valence-electron chi connectivity index (χ2n) is 3.48. The van der Waals surface area contributed by atoms with Crippen LogP contribution in [-0.4, -0.2) is 6.08 Å². The molecule has 0 heterocycles. The lowest BCUT2D eigenvalue weighted by atomic mass is 10.0. The van der Waals surface area contributed by atoms with E-state index in [4.69, 9.17) is 11.6 Å². The number of isocyanates is 1. The number of hydrogen-bond donors (Lipinski definition) is 0. The summed E-state index contributed by atoms with van der Waals surface area (Å²) in [6, 6.07) is 2.03.